The van der Waals surface area contributed by atoms with Gasteiger partial charge >= 0.3 is 0 Å². The topological polar surface area (TPSA) is 0 Å². The normalized spacial score (nSPS) is 11.2. The summed E-state index contributed by atoms with van der Waals surface area (Å²) in [7, 11) is 0. The Hall–Kier alpha value is -1.82. The van der Waals surface area contributed by atoms with E-state index in [0.29, 0.717) is 0 Å². The van der Waals surface area contributed by atoms with Crippen molar-refractivity contribution >= 4 is 21.5 Å². The first-order valence-corrected chi connectivity index (χ1v) is 6.06. The molecule has 0 heteroatoms. The lowest BCUT2D eigenvalue weighted by atomic mass is 9.95. The van der Waals surface area contributed by atoms with Crippen LogP contribution in [0.1, 0.15) is 16.7 Å². The molecule has 84 valence electrons. The Morgan fingerprint density at radius 3 is 2.06 bits per heavy atom. The summed E-state index contributed by atoms with van der Waals surface area (Å²) in [6.07, 6.45) is 0. The summed E-state index contributed by atoms with van der Waals surface area (Å²) < 4.78 is 0. The van der Waals surface area contributed by atoms with E-state index in [9.17, 15) is 0 Å². The average molecular weight is 220 g/mol. The van der Waals surface area contributed by atoms with Crippen LogP contribution in [0.5, 0.6) is 0 Å². The highest BCUT2D eigenvalue weighted by molar-refractivity contribution is 6.09. The molecule has 3 aromatic carbocycles. The van der Waals surface area contributed by atoms with Gasteiger partial charge in [-0.2, -0.15) is 0 Å². The Labute approximate surface area is 102 Å². The van der Waals surface area contributed by atoms with Crippen LogP contribution in [0, 0.1) is 20.8 Å². The third-order valence-electron chi connectivity index (χ3n) is 3.56. The molecule has 0 bridgehead atoms. The maximum Gasteiger partial charge on any atom is -0.0100 e. The van der Waals surface area contributed by atoms with Crippen LogP contribution in [0.15, 0.2) is 42.5 Å². The third-order valence-corrected chi connectivity index (χ3v) is 3.56. The average Bonchev–Trinajstić information content (AvgIpc) is 2.29. The molecule has 0 aromatic heterocycles. The highest BCUT2D eigenvalue weighted by Gasteiger charge is 2.04. The molecule has 0 nitrogen and oxygen atoms in total. The maximum absolute atomic E-state index is 2.30. The van der Waals surface area contributed by atoms with Gasteiger partial charge < -0.3 is 0 Å². The van der Waals surface area contributed by atoms with Crippen molar-refractivity contribution in [3.63, 3.8) is 0 Å². The van der Waals surface area contributed by atoms with Crippen molar-refractivity contribution in [1.29, 1.82) is 0 Å². The van der Waals surface area contributed by atoms with Gasteiger partial charge in [0.1, 0.15) is 0 Å². The van der Waals surface area contributed by atoms with Gasteiger partial charge in [-0.25, -0.2) is 0 Å². The molecule has 0 unspecified atom stereocenters. The fourth-order valence-electron chi connectivity index (χ4n) is 2.73. The first-order chi connectivity index (χ1) is 8.16. The molecule has 0 radical (unpaired) electrons. The molecule has 0 saturated heterocycles. The van der Waals surface area contributed by atoms with E-state index in [2.05, 4.69) is 63.2 Å². The third kappa shape index (κ3) is 1.52. The molecule has 17 heavy (non-hydrogen) atoms. The molecule has 0 aliphatic carbocycles. The van der Waals surface area contributed by atoms with Crippen molar-refractivity contribution in [2.75, 3.05) is 0 Å². The quantitative estimate of drug-likeness (QED) is 0.472. The number of fused-ring (bicyclic) bond motifs is 3. The summed E-state index contributed by atoms with van der Waals surface area (Å²) in [6.45, 7) is 6.54. The lowest BCUT2D eigenvalue weighted by Crippen LogP contribution is -1.85. The Morgan fingerprint density at radius 1 is 0.588 bits per heavy atom. The minimum Gasteiger partial charge on any atom is -0.0613 e. The van der Waals surface area contributed by atoms with E-state index in [1.165, 1.54) is 38.2 Å². The van der Waals surface area contributed by atoms with Gasteiger partial charge in [-0.1, -0.05) is 48.0 Å². The van der Waals surface area contributed by atoms with Crippen LogP contribution in [0.4, 0.5) is 0 Å². The van der Waals surface area contributed by atoms with Crippen LogP contribution < -0.4 is 0 Å². The van der Waals surface area contributed by atoms with E-state index in [1.54, 1.807) is 0 Å². The zero-order valence-electron chi connectivity index (χ0n) is 10.5. The summed E-state index contributed by atoms with van der Waals surface area (Å²) in [4.78, 5) is 0. The summed E-state index contributed by atoms with van der Waals surface area (Å²) in [6, 6.07) is 15.6. The number of benzene rings is 3. The molecule has 3 rings (SSSR count). The second-order valence-electron chi connectivity index (χ2n) is 4.91. The van der Waals surface area contributed by atoms with Gasteiger partial charge in [0.05, 0.1) is 0 Å². The summed E-state index contributed by atoms with van der Waals surface area (Å²) in [5.74, 6) is 0. The van der Waals surface area contributed by atoms with Gasteiger partial charge in [-0.15, -0.1) is 0 Å². The van der Waals surface area contributed by atoms with Gasteiger partial charge in [-0.3, -0.25) is 0 Å². The van der Waals surface area contributed by atoms with Gasteiger partial charge in [-0.05, 0) is 53.4 Å². The molecule has 0 aliphatic heterocycles. The van der Waals surface area contributed by atoms with Crippen molar-refractivity contribution in [2.24, 2.45) is 0 Å². The lowest BCUT2D eigenvalue weighted by Gasteiger charge is -2.09. The fraction of sp³-hybridized carbons (Fsp3) is 0.176. The Bertz CT molecular complexity index is 721. The first-order valence-electron chi connectivity index (χ1n) is 6.06. The van der Waals surface area contributed by atoms with Crippen LogP contribution in [0.25, 0.3) is 21.5 Å². The van der Waals surface area contributed by atoms with Crippen LogP contribution in [-0.2, 0) is 0 Å². The zero-order chi connectivity index (χ0) is 12.0. The van der Waals surface area contributed by atoms with E-state index < -0.39 is 0 Å². The van der Waals surface area contributed by atoms with Crippen LogP contribution >= 0.6 is 0 Å². The molecule has 0 aliphatic rings. The van der Waals surface area contributed by atoms with Crippen LogP contribution in [0.2, 0.25) is 0 Å². The molecule has 0 spiro atoms. The van der Waals surface area contributed by atoms with Gasteiger partial charge in [0.15, 0.2) is 0 Å². The standard InChI is InChI=1S/C17H16/c1-11-9-13(3)15-8-7-14-12(2)5-4-6-16(14)17(15)10-11/h4-10H,1-3H3. The Balaban J connectivity index is 2.60. The summed E-state index contributed by atoms with van der Waals surface area (Å²) >= 11 is 0. The van der Waals surface area contributed by atoms with Gasteiger partial charge in [0, 0.05) is 0 Å². The molecule has 0 amide bonds. The second kappa shape index (κ2) is 3.59. The highest BCUT2D eigenvalue weighted by Crippen LogP contribution is 2.30. The predicted molar refractivity (Wildman–Crippen MR) is 75.7 cm³/mol. The van der Waals surface area contributed by atoms with Crippen LogP contribution in [-0.4, -0.2) is 0 Å². The van der Waals surface area contributed by atoms with E-state index in [0.717, 1.165) is 0 Å². The molecule has 0 heterocycles. The second-order valence-corrected chi connectivity index (χ2v) is 4.91. The zero-order valence-corrected chi connectivity index (χ0v) is 10.5. The maximum atomic E-state index is 2.30. The van der Waals surface area contributed by atoms with Gasteiger partial charge in [0.2, 0.25) is 0 Å². The lowest BCUT2D eigenvalue weighted by molar-refractivity contribution is 1.43. The van der Waals surface area contributed by atoms with E-state index in [1.807, 2.05) is 0 Å². The first kappa shape index (κ1) is 10.3. The molecule has 0 fully saturated rings. The minimum atomic E-state index is 1.34. The van der Waals surface area contributed by atoms with Crippen molar-refractivity contribution in [3.05, 3.63) is 59.2 Å². The van der Waals surface area contributed by atoms with Gasteiger partial charge in [0.25, 0.3) is 0 Å². The van der Waals surface area contributed by atoms with Crippen molar-refractivity contribution in [3.8, 4) is 0 Å². The predicted octanol–water partition coefficient (Wildman–Crippen LogP) is 4.92. The van der Waals surface area contributed by atoms with Crippen molar-refractivity contribution in [1.82, 2.24) is 0 Å². The fourth-order valence-corrected chi connectivity index (χ4v) is 2.73. The number of rotatable bonds is 0. The summed E-state index contributed by atoms with van der Waals surface area (Å²) in [5.41, 5.74) is 4.05. The molecular weight excluding hydrogens is 204 g/mol. The van der Waals surface area contributed by atoms with E-state index in [4.69, 9.17) is 0 Å². The summed E-state index contributed by atoms with van der Waals surface area (Å²) in [5, 5.41) is 5.48. The number of hydrogen-bond donors (Lipinski definition) is 0. The molecule has 0 atom stereocenters. The van der Waals surface area contributed by atoms with Crippen molar-refractivity contribution < 1.29 is 0 Å². The Kier molecular flexibility index (Phi) is 2.19. The number of aryl methyl sites for hydroxylation is 3. The van der Waals surface area contributed by atoms with Crippen LogP contribution in [0.3, 0.4) is 0 Å². The molecule has 3 aromatic rings. The van der Waals surface area contributed by atoms with E-state index >= 15 is 0 Å². The highest BCUT2D eigenvalue weighted by atomic mass is 14.1. The van der Waals surface area contributed by atoms with E-state index in [-0.39, 0.29) is 0 Å². The number of hydrogen-bond acceptors (Lipinski definition) is 0. The van der Waals surface area contributed by atoms with Crippen molar-refractivity contribution in [2.45, 2.75) is 20.8 Å². The largest absolute Gasteiger partial charge is 0.0613 e. The molecular formula is C17H16. The SMILES string of the molecule is Cc1cc(C)c2ccc3c(C)cccc3c2c1. The smallest absolute Gasteiger partial charge is 0.0100 e. The minimum absolute atomic E-state index is 1.34. The monoisotopic (exact) mass is 220 g/mol. The molecule has 0 saturated carbocycles. The molecule has 0 N–H and O–H groups in total. The Morgan fingerprint density at radius 2 is 1.29 bits per heavy atom.